The Morgan fingerprint density at radius 3 is 2.40 bits per heavy atom. The molecule has 0 heterocycles. The van der Waals surface area contributed by atoms with Crippen LogP contribution in [-0.4, -0.2) is 43.8 Å². The maximum atomic E-state index is 5.64. The molecule has 15 heavy (non-hydrogen) atoms. The molecule has 0 saturated heterocycles. The number of rotatable bonds is 9. The van der Waals surface area contributed by atoms with Gasteiger partial charge in [0.15, 0.2) is 0 Å². The van der Waals surface area contributed by atoms with Crippen molar-refractivity contribution in [2.75, 3.05) is 26.7 Å². The zero-order valence-electron chi connectivity index (χ0n) is 10.8. The summed E-state index contributed by atoms with van der Waals surface area (Å²) < 4.78 is 5.53. The fraction of sp³-hybridized carbons (Fsp3) is 1.00. The molecule has 0 radical (unpaired) electrons. The van der Waals surface area contributed by atoms with Crippen molar-refractivity contribution in [1.29, 1.82) is 0 Å². The lowest BCUT2D eigenvalue weighted by Gasteiger charge is -2.26. The van der Waals surface area contributed by atoms with Crippen molar-refractivity contribution >= 4 is 0 Å². The van der Waals surface area contributed by atoms with Crippen molar-refractivity contribution in [3.8, 4) is 0 Å². The summed E-state index contributed by atoms with van der Waals surface area (Å²) in [6.45, 7) is 8.99. The van der Waals surface area contributed by atoms with Crippen LogP contribution in [0, 0.1) is 0 Å². The molecule has 3 nitrogen and oxygen atoms in total. The molecular weight excluding hydrogens is 188 g/mol. The Kier molecular flexibility index (Phi) is 9.06. The van der Waals surface area contributed by atoms with Crippen LogP contribution in [0.15, 0.2) is 0 Å². The number of ether oxygens (including phenoxy) is 1. The third-order valence-electron chi connectivity index (χ3n) is 2.93. The molecule has 0 aromatic carbocycles. The molecule has 0 aliphatic heterocycles. The van der Waals surface area contributed by atoms with Gasteiger partial charge in [0.1, 0.15) is 0 Å². The molecule has 0 saturated carbocycles. The van der Waals surface area contributed by atoms with Gasteiger partial charge in [-0.2, -0.15) is 0 Å². The van der Waals surface area contributed by atoms with Gasteiger partial charge < -0.3 is 15.4 Å². The van der Waals surface area contributed by atoms with Gasteiger partial charge in [-0.1, -0.05) is 13.3 Å². The Morgan fingerprint density at radius 2 is 1.93 bits per heavy atom. The lowest BCUT2D eigenvalue weighted by atomic mass is 10.1. The summed E-state index contributed by atoms with van der Waals surface area (Å²) in [6.07, 6.45) is 3.77. The Bertz CT molecular complexity index is 142. The molecule has 0 aromatic heterocycles. The van der Waals surface area contributed by atoms with E-state index in [-0.39, 0.29) is 6.10 Å². The minimum Gasteiger partial charge on any atom is -0.377 e. The van der Waals surface area contributed by atoms with E-state index >= 15 is 0 Å². The van der Waals surface area contributed by atoms with E-state index in [0.717, 1.165) is 19.6 Å². The molecule has 2 atom stereocenters. The van der Waals surface area contributed by atoms with Crippen molar-refractivity contribution in [2.45, 2.75) is 52.2 Å². The summed E-state index contributed by atoms with van der Waals surface area (Å²) in [5, 5.41) is 0. The third-order valence-corrected chi connectivity index (χ3v) is 2.93. The maximum Gasteiger partial charge on any atom is 0.0709 e. The summed E-state index contributed by atoms with van der Waals surface area (Å²) in [7, 11) is 2.18. The summed E-state index contributed by atoms with van der Waals surface area (Å²) in [4.78, 5) is 2.39. The van der Waals surface area contributed by atoms with E-state index in [1.54, 1.807) is 0 Å². The van der Waals surface area contributed by atoms with E-state index in [1.807, 2.05) is 6.92 Å². The molecule has 0 aliphatic rings. The molecule has 0 aliphatic carbocycles. The van der Waals surface area contributed by atoms with Crippen LogP contribution in [0.2, 0.25) is 0 Å². The molecule has 0 amide bonds. The molecule has 92 valence electrons. The van der Waals surface area contributed by atoms with Crippen LogP contribution < -0.4 is 5.73 Å². The standard InChI is InChI=1S/C12H28N2O/c1-5-7-11(3)14(4)9-8-12(10-13)15-6-2/h11-12H,5-10,13H2,1-4H3. The van der Waals surface area contributed by atoms with Crippen LogP contribution in [0.1, 0.15) is 40.0 Å². The largest absolute Gasteiger partial charge is 0.377 e. The quantitative estimate of drug-likeness (QED) is 0.639. The third kappa shape index (κ3) is 6.88. The zero-order chi connectivity index (χ0) is 11.7. The second kappa shape index (κ2) is 9.13. The summed E-state index contributed by atoms with van der Waals surface area (Å²) in [5.74, 6) is 0. The average molecular weight is 216 g/mol. The molecular formula is C12H28N2O. The molecule has 3 heteroatoms. The van der Waals surface area contributed by atoms with Gasteiger partial charge in [-0.3, -0.25) is 0 Å². The first kappa shape index (κ1) is 14.9. The lowest BCUT2D eigenvalue weighted by Crippen LogP contribution is -2.34. The zero-order valence-corrected chi connectivity index (χ0v) is 10.8. The lowest BCUT2D eigenvalue weighted by molar-refractivity contribution is 0.0532. The first-order valence-electron chi connectivity index (χ1n) is 6.17. The highest BCUT2D eigenvalue weighted by Crippen LogP contribution is 2.06. The molecule has 0 bridgehead atoms. The van der Waals surface area contributed by atoms with Gasteiger partial charge in [0.05, 0.1) is 6.10 Å². The van der Waals surface area contributed by atoms with Crippen molar-refractivity contribution < 1.29 is 4.74 Å². The number of hydrogen-bond acceptors (Lipinski definition) is 3. The van der Waals surface area contributed by atoms with Gasteiger partial charge in [0.2, 0.25) is 0 Å². The van der Waals surface area contributed by atoms with Crippen LogP contribution in [0.3, 0.4) is 0 Å². The number of nitrogens with two attached hydrogens (primary N) is 1. The van der Waals surface area contributed by atoms with E-state index < -0.39 is 0 Å². The smallest absolute Gasteiger partial charge is 0.0709 e. The maximum absolute atomic E-state index is 5.64. The van der Waals surface area contributed by atoms with E-state index in [0.29, 0.717) is 12.6 Å². The van der Waals surface area contributed by atoms with Gasteiger partial charge in [-0.05, 0) is 33.7 Å². The molecule has 0 aromatic rings. The highest BCUT2D eigenvalue weighted by Gasteiger charge is 2.11. The van der Waals surface area contributed by atoms with Gasteiger partial charge in [0, 0.05) is 25.7 Å². The first-order chi connectivity index (χ1) is 7.15. The first-order valence-corrected chi connectivity index (χ1v) is 6.17. The number of nitrogens with zero attached hydrogens (tertiary/aromatic N) is 1. The molecule has 0 spiro atoms. The monoisotopic (exact) mass is 216 g/mol. The number of hydrogen-bond donors (Lipinski definition) is 1. The molecule has 0 rings (SSSR count). The second-order valence-corrected chi connectivity index (χ2v) is 4.22. The van der Waals surface area contributed by atoms with Crippen LogP contribution in [0.4, 0.5) is 0 Å². The van der Waals surface area contributed by atoms with Crippen LogP contribution in [0.5, 0.6) is 0 Å². The normalized spacial score (nSPS) is 15.6. The molecule has 0 fully saturated rings. The highest BCUT2D eigenvalue weighted by atomic mass is 16.5. The van der Waals surface area contributed by atoms with Gasteiger partial charge >= 0.3 is 0 Å². The Hall–Kier alpha value is -0.120. The van der Waals surface area contributed by atoms with Crippen molar-refractivity contribution in [2.24, 2.45) is 5.73 Å². The van der Waals surface area contributed by atoms with Crippen LogP contribution in [-0.2, 0) is 4.74 Å². The molecule has 2 N–H and O–H groups in total. The van der Waals surface area contributed by atoms with E-state index in [4.69, 9.17) is 10.5 Å². The van der Waals surface area contributed by atoms with Crippen molar-refractivity contribution in [3.05, 3.63) is 0 Å². The highest BCUT2D eigenvalue weighted by molar-refractivity contribution is 4.66. The van der Waals surface area contributed by atoms with Gasteiger partial charge in [-0.25, -0.2) is 0 Å². The average Bonchev–Trinajstić information content (AvgIpc) is 2.24. The SMILES string of the molecule is CCCC(C)N(C)CCC(CN)OCC. The Balaban J connectivity index is 3.71. The second-order valence-electron chi connectivity index (χ2n) is 4.22. The van der Waals surface area contributed by atoms with Crippen LogP contribution in [0.25, 0.3) is 0 Å². The fourth-order valence-corrected chi connectivity index (χ4v) is 1.71. The predicted octanol–water partition coefficient (Wildman–Crippen LogP) is 1.86. The fourth-order valence-electron chi connectivity index (χ4n) is 1.71. The van der Waals surface area contributed by atoms with Crippen LogP contribution >= 0.6 is 0 Å². The minimum atomic E-state index is 0.228. The van der Waals surface area contributed by atoms with Crippen molar-refractivity contribution in [3.63, 3.8) is 0 Å². The summed E-state index contributed by atoms with van der Waals surface area (Å²) in [6, 6.07) is 0.662. The van der Waals surface area contributed by atoms with Crippen molar-refractivity contribution in [1.82, 2.24) is 4.90 Å². The topological polar surface area (TPSA) is 38.5 Å². The Labute approximate surface area is 95.0 Å². The molecule has 2 unspecified atom stereocenters. The van der Waals surface area contributed by atoms with Gasteiger partial charge in [-0.15, -0.1) is 0 Å². The van der Waals surface area contributed by atoms with E-state index in [1.165, 1.54) is 12.8 Å². The predicted molar refractivity (Wildman–Crippen MR) is 66.1 cm³/mol. The van der Waals surface area contributed by atoms with Gasteiger partial charge in [0.25, 0.3) is 0 Å². The summed E-state index contributed by atoms with van der Waals surface area (Å²) in [5.41, 5.74) is 5.64. The van der Waals surface area contributed by atoms with E-state index in [2.05, 4.69) is 25.8 Å². The minimum absolute atomic E-state index is 0.228. The Morgan fingerprint density at radius 1 is 1.27 bits per heavy atom. The van der Waals surface area contributed by atoms with E-state index in [9.17, 15) is 0 Å². The summed E-state index contributed by atoms with van der Waals surface area (Å²) >= 11 is 0.